The third-order valence-electron chi connectivity index (χ3n) is 10.2. The third-order valence-corrected chi connectivity index (χ3v) is 10.2. The Balaban J connectivity index is 2.21. The van der Waals surface area contributed by atoms with Crippen molar-refractivity contribution in [1.82, 2.24) is 30.3 Å². The fourth-order valence-electron chi connectivity index (χ4n) is 7.31. The molecule has 0 aromatic carbocycles. The summed E-state index contributed by atoms with van der Waals surface area (Å²) < 4.78 is 11.8. The average molecular weight is 705 g/mol. The van der Waals surface area contributed by atoms with Gasteiger partial charge in [0, 0.05) is 52.7 Å². The summed E-state index contributed by atoms with van der Waals surface area (Å²) in [5, 5.41) is 16.5. The van der Waals surface area contributed by atoms with Crippen LogP contribution in [-0.2, 0) is 35.1 Å². The van der Waals surface area contributed by atoms with Gasteiger partial charge in [-0.3, -0.25) is 29.1 Å². The van der Waals surface area contributed by atoms with Crippen molar-refractivity contribution >= 4 is 23.6 Å². The van der Waals surface area contributed by atoms with Crippen LogP contribution in [-0.4, -0.2) is 139 Å². The minimum Gasteiger partial charge on any atom is -0.391 e. The number of hydrogen-bond acceptors (Lipinski definition) is 9. The number of aromatic nitrogens is 1. The molecule has 13 heteroatoms. The Labute approximate surface area is 299 Å². The molecular weight excluding hydrogens is 640 g/mol. The molecule has 1 aromatic rings. The molecule has 1 saturated heterocycles. The van der Waals surface area contributed by atoms with E-state index < -0.39 is 48.3 Å². The number of likely N-dealkylation sites (tertiary alicyclic amines) is 1. The molecule has 284 valence electrons. The number of methoxy groups -OCH3 is 2. The van der Waals surface area contributed by atoms with Gasteiger partial charge in [0.1, 0.15) is 6.04 Å². The van der Waals surface area contributed by atoms with Crippen molar-refractivity contribution in [2.24, 2.45) is 17.8 Å². The van der Waals surface area contributed by atoms with E-state index >= 15 is 0 Å². The third kappa shape index (κ3) is 11.4. The molecule has 13 nitrogen and oxygen atoms in total. The molecule has 0 bridgehead atoms. The van der Waals surface area contributed by atoms with Gasteiger partial charge in [0.2, 0.25) is 23.6 Å². The van der Waals surface area contributed by atoms with Crippen LogP contribution in [0, 0.1) is 17.8 Å². The molecule has 3 N–H and O–H groups in total. The molecule has 9 atom stereocenters. The highest BCUT2D eigenvalue weighted by molar-refractivity contribution is 5.90. The van der Waals surface area contributed by atoms with Crippen molar-refractivity contribution in [3.05, 3.63) is 30.1 Å². The fourth-order valence-corrected chi connectivity index (χ4v) is 7.31. The Morgan fingerprint density at radius 2 is 1.72 bits per heavy atom. The van der Waals surface area contributed by atoms with Crippen LogP contribution in [0.1, 0.15) is 72.9 Å². The molecule has 1 aromatic heterocycles. The molecule has 0 saturated carbocycles. The fraction of sp³-hybridized carbons (Fsp3) is 0.757. The molecule has 50 heavy (non-hydrogen) atoms. The van der Waals surface area contributed by atoms with Crippen LogP contribution in [0.2, 0.25) is 0 Å². The van der Waals surface area contributed by atoms with E-state index in [1.807, 2.05) is 52.8 Å². The van der Waals surface area contributed by atoms with E-state index in [0.717, 1.165) is 12.1 Å². The largest absolute Gasteiger partial charge is 0.391 e. The van der Waals surface area contributed by atoms with Crippen molar-refractivity contribution in [3.63, 3.8) is 0 Å². The maximum absolute atomic E-state index is 14.0. The van der Waals surface area contributed by atoms with Crippen LogP contribution in [0.5, 0.6) is 0 Å². The number of aliphatic hydroxyl groups excluding tert-OH is 1. The molecule has 1 fully saturated rings. The van der Waals surface area contributed by atoms with Gasteiger partial charge in [0.05, 0.1) is 48.8 Å². The van der Waals surface area contributed by atoms with Crippen LogP contribution < -0.4 is 10.6 Å². The second-order valence-corrected chi connectivity index (χ2v) is 14.3. The van der Waals surface area contributed by atoms with Gasteiger partial charge in [-0.25, -0.2) is 0 Å². The van der Waals surface area contributed by atoms with Crippen molar-refractivity contribution in [2.45, 2.75) is 116 Å². The lowest BCUT2D eigenvalue weighted by atomic mass is 9.89. The van der Waals surface area contributed by atoms with E-state index in [1.54, 1.807) is 44.2 Å². The number of pyridine rings is 1. The molecule has 0 radical (unpaired) electrons. The Morgan fingerprint density at radius 1 is 1.04 bits per heavy atom. The molecule has 4 amide bonds. The van der Waals surface area contributed by atoms with E-state index in [-0.39, 0.29) is 42.0 Å². The van der Waals surface area contributed by atoms with E-state index in [1.165, 1.54) is 18.9 Å². The maximum Gasteiger partial charge on any atom is 0.247 e. The first kappa shape index (κ1) is 43.0. The van der Waals surface area contributed by atoms with Crippen LogP contribution in [0.4, 0.5) is 0 Å². The van der Waals surface area contributed by atoms with Crippen LogP contribution in [0.25, 0.3) is 0 Å². The van der Waals surface area contributed by atoms with Crippen molar-refractivity contribution in [2.75, 3.05) is 48.5 Å². The Kier molecular flexibility index (Phi) is 17.8. The van der Waals surface area contributed by atoms with E-state index in [4.69, 9.17) is 9.47 Å². The van der Waals surface area contributed by atoms with Gasteiger partial charge in [-0.1, -0.05) is 47.1 Å². The Hall–Kier alpha value is -3.13. The first-order valence-electron chi connectivity index (χ1n) is 18.0. The summed E-state index contributed by atoms with van der Waals surface area (Å²) in [6.07, 6.45) is 2.16. The molecule has 0 spiro atoms. The number of amides is 4. The molecule has 0 aliphatic carbocycles. The summed E-state index contributed by atoms with van der Waals surface area (Å²) in [4.78, 5) is 63.9. The second kappa shape index (κ2) is 20.7. The Morgan fingerprint density at radius 3 is 2.24 bits per heavy atom. The number of carbonyl (C=O) groups is 4. The van der Waals surface area contributed by atoms with Gasteiger partial charge in [0.25, 0.3) is 0 Å². The Bertz CT molecular complexity index is 1210. The maximum atomic E-state index is 14.0. The standard InChI is InChI=1S/C37H64N6O7/c1-12-24(4)33(42(9)37(48)31(26(6)44)40-36(47)32(23(2)3)41(7)8)29(49-10)22-30(45)43-21-15-17-28(43)34(50-11)25(5)35(46)39-20-18-27-16-13-14-19-38-27/h13-14,16,19,23-26,28-29,31-34,44H,12,15,17-18,20-22H2,1-11H3,(H,39,46)(H,40,47)/t24-,25+,26+,28-,29+,31-,32?,33-,34+/m0/s1. The zero-order valence-electron chi connectivity index (χ0n) is 32.2. The van der Waals surface area contributed by atoms with Crippen molar-refractivity contribution in [1.29, 1.82) is 0 Å². The number of carbonyl (C=O) groups excluding carboxylic acids is 4. The van der Waals surface area contributed by atoms with Gasteiger partial charge in [-0.2, -0.15) is 0 Å². The number of nitrogens with zero attached hydrogens (tertiary/aromatic N) is 4. The van der Waals surface area contributed by atoms with Crippen molar-refractivity contribution < 1.29 is 33.8 Å². The highest BCUT2D eigenvalue weighted by atomic mass is 16.5. The summed E-state index contributed by atoms with van der Waals surface area (Å²) in [7, 11) is 8.33. The lowest BCUT2D eigenvalue weighted by Crippen LogP contribution is -2.61. The minimum atomic E-state index is -1.18. The lowest BCUT2D eigenvalue weighted by molar-refractivity contribution is -0.149. The van der Waals surface area contributed by atoms with Crippen LogP contribution >= 0.6 is 0 Å². The highest BCUT2D eigenvalue weighted by Gasteiger charge is 2.43. The zero-order chi connectivity index (χ0) is 37.7. The summed E-state index contributed by atoms with van der Waals surface area (Å²) in [6, 6.07) is 3.17. The second-order valence-electron chi connectivity index (χ2n) is 14.3. The minimum absolute atomic E-state index is 0.00245. The van der Waals surface area contributed by atoms with E-state index in [2.05, 4.69) is 15.6 Å². The number of rotatable bonds is 20. The smallest absolute Gasteiger partial charge is 0.247 e. The highest BCUT2D eigenvalue weighted by Crippen LogP contribution is 2.29. The van der Waals surface area contributed by atoms with Gasteiger partial charge >= 0.3 is 0 Å². The van der Waals surface area contributed by atoms with Gasteiger partial charge in [-0.05, 0) is 57.8 Å². The SMILES string of the molecule is CC[C@H](C)[C@@H]([C@@H](CC(=O)N1CCC[C@H]1[C@H](OC)[C@@H](C)C(=O)NCCc1ccccn1)OC)N(C)C(=O)[C@@H](NC(=O)C(C(C)C)N(C)C)[C@@H](C)O. The zero-order valence-corrected chi connectivity index (χ0v) is 32.2. The van der Waals surface area contributed by atoms with E-state index in [0.29, 0.717) is 32.4 Å². The first-order valence-corrected chi connectivity index (χ1v) is 18.0. The first-order chi connectivity index (χ1) is 23.6. The normalized spacial score (nSPS) is 19.6. The monoisotopic (exact) mass is 704 g/mol. The van der Waals surface area contributed by atoms with Gasteiger partial charge in [-0.15, -0.1) is 0 Å². The van der Waals surface area contributed by atoms with Crippen LogP contribution in [0.3, 0.4) is 0 Å². The van der Waals surface area contributed by atoms with Crippen LogP contribution in [0.15, 0.2) is 24.4 Å². The molecular formula is C37H64N6O7. The lowest BCUT2D eigenvalue weighted by Gasteiger charge is -2.41. The number of ether oxygens (including phenoxy) is 2. The number of nitrogens with one attached hydrogen (secondary N) is 2. The summed E-state index contributed by atoms with van der Waals surface area (Å²) in [5.74, 6) is -1.71. The summed E-state index contributed by atoms with van der Waals surface area (Å²) >= 11 is 0. The molecule has 1 unspecified atom stereocenters. The molecule has 1 aliphatic heterocycles. The van der Waals surface area contributed by atoms with Gasteiger partial charge in [0.15, 0.2) is 0 Å². The molecule has 2 heterocycles. The topological polar surface area (TPSA) is 154 Å². The number of aliphatic hydroxyl groups is 1. The molecule has 1 aliphatic rings. The van der Waals surface area contributed by atoms with E-state index in [9.17, 15) is 24.3 Å². The predicted octanol–water partition coefficient (Wildman–Crippen LogP) is 2.11. The predicted molar refractivity (Wildman–Crippen MR) is 193 cm³/mol. The summed E-state index contributed by atoms with van der Waals surface area (Å²) in [5.41, 5.74) is 0.891. The quantitative estimate of drug-likeness (QED) is 0.185. The average Bonchev–Trinajstić information content (AvgIpc) is 3.56. The number of likely N-dealkylation sites (N-methyl/N-ethyl adjacent to an activating group) is 2. The van der Waals surface area contributed by atoms with Crippen molar-refractivity contribution in [3.8, 4) is 0 Å². The summed E-state index contributed by atoms with van der Waals surface area (Å²) in [6.45, 7) is 12.1. The number of hydrogen-bond donors (Lipinski definition) is 3. The molecule has 2 rings (SSSR count). The van der Waals surface area contributed by atoms with Gasteiger partial charge < -0.3 is 35.0 Å².